The average molecular weight is 246 g/mol. The molecular formula is C16H22O2. The molecule has 1 aromatic rings. The first-order valence-corrected chi connectivity index (χ1v) is 6.87. The fourth-order valence-corrected chi connectivity index (χ4v) is 1.96. The van der Waals surface area contributed by atoms with Crippen LogP contribution in [0.25, 0.3) is 0 Å². The Bertz CT molecular complexity index is 388. The van der Waals surface area contributed by atoms with E-state index in [1.54, 1.807) is 0 Å². The molecule has 1 aromatic carbocycles. The highest BCUT2D eigenvalue weighted by Crippen LogP contribution is 2.32. The van der Waals surface area contributed by atoms with Gasteiger partial charge in [-0.2, -0.15) is 0 Å². The van der Waals surface area contributed by atoms with Gasteiger partial charge in [0.15, 0.2) is 5.78 Å². The van der Waals surface area contributed by atoms with Crippen LogP contribution in [0, 0.1) is 5.92 Å². The predicted octanol–water partition coefficient (Wildman–Crippen LogP) is 3.81. The summed E-state index contributed by atoms with van der Waals surface area (Å²) in [5, 5.41) is 0. The molecule has 2 heteroatoms. The van der Waals surface area contributed by atoms with Crippen molar-refractivity contribution >= 4 is 5.78 Å². The summed E-state index contributed by atoms with van der Waals surface area (Å²) in [5.74, 6) is 1.45. The number of rotatable bonds is 7. The van der Waals surface area contributed by atoms with Crippen molar-refractivity contribution in [1.29, 1.82) is 0 Å². The molecule has 0 atom stereocenters. The fourth-order valence-electron chi connectivity index (χ4n) is 1.96. The van der Waals surface area contributed by atoms with Crippen molar-refractivity contribution in [2.75, 3.05) is 13.2 Å². The normalized spacial score (nSPS) is 15.1. The SMILES string of the molecule is CC(C)c1ccc(C(=O)COCCC2CC2)cc1. The molecular weight excluding hydrogens is 224 g/mol. The molecule has 1 fully saturated rings. The van der Waals surface area contributed by atoms with E-state index in [0.29, 0.717) is 5.92 Å². The third-order valence-electron chi connectivity index (χ3n) is 3.50. The number of carbonyl (C=O) groups excluding carboxylic acids is 1. The summed E-state index contributed by atoms with van der Waals surface area (Å²) in [5.41, 5.74) is 2.02. The Morgan fingerprint density at radius 1 is 1.28 bits per heavy atom. The van der Waals surface area contributed by atoms with Gasteiger partial charge in [0.25, 0.3) is 0 Å². The van der Waals surface area contributed by atoms with Crippen molar-refractivity contribution in [3.8, 4) is 0 Å². The molecule has 0 radical (unpaired) electrons. The van der Waals surface area contributed by atoms with Crippen molar-refractivity contribution in [3.05, 3.63) is 35.4 Å². The molecule has 1 saturated carbocycles. The summed E-state index contributed by atoms with van der Waals surface area (Å²) in [7, 11) is 0. The van der Waals surface area contributed by atoms with Crippen LogP contribution in [0.1, 0.15) is 54.9 Å². The first-order chi connectivity index (χ1) is 8.66. The lowest BCUT2D eigenvalue weighted by molar-refractivity contribution is 0.0748. The molecule has 0 amide bonds. The van der Waals surface area contributed by atoms with Gasteiger partial charge in [-0.25, -0.2) is 0 Å². The second kappa shape index (κ2) is 6.14. The van der Waals surface area contributed by atoms with Crippen LogP contribution in [-0.2, 0) is 4.74 Å². The highest BCUT2D eigenvalue weighted by Gasteiger charge is 2.20. The molecule has 98 valence electrons. The topological polar surface area (TPSA) is 26.3 Å². The first-order valence-electron chi connectivity index (χ1n) is 6.87. The molecule has 0 heterocycles. The van der Waals surface area contributed by atoms with Crippen LogP contribution in [0.4, 0.5) is 0 Å². The van der Waals surface area contributed by atoms with Gasteiger partial charge in [0.2, 0.25) is 0 Å². The maximum atomic E-state index is 11.9. The van der Waals surface area contributed by atoms with E-state index < -0.39 is 0 Å². The lowest BCUT2D eigenvalue weighted by Gasteiger charge is -2.07. The zero-order chi connectivity index (χ0) is 13.0. The van der Waals surface area contributed by atoms with E-state index in [-0.39, 0.29) is 12.4 Å². The smallest absolute Gasteiger partial charge is 0.188 e. The Balaban J connectivity index is 1.76. The zero-order valence-electron chi connectivity index (χ0n) is 11.3. The van der Waals surface area contributed by atoms with Crippen molar-refractivity contribution in [2.45, 2.75) is 39.0 Å². The van der Waals surface area contributed by atoms with Gasteiger partial charge < -0.3 is 4.74 Å². The zero-order valence-corrected chi connectivity index (χ0v) is 11.3. The van der Waals surface area contributed by atoms with Gasteiger partial charge in [0.1, 0.15) is 6.61 Å². The second-order valence-electron chi connectivity index (χ2n) is 5.48. The van der Waals surface area contributed by atoms with Gasteiger partial charge >= 0.3 is 0 Å². The Morgan fingerprint density at radius 3 is 2.50 bits per heavy atom. The van der Waals surface area contributed by atoms with Crippen molar-refractivity contribution < 1.29 is 9.53 Å². The largest absolute Gasteiger partial charge is 0.373 e. The van der Waals surface area contributed by atoms with Crippen molar-refractivity contribution in [1.82, 2.24) is 0 Å². The fraction of sp³-hybridized carbons (Fsp3) is 0.562. The molecule has 0 aromatic heterocycles. The van der Waals surface area contributed by atoms with E-state index in [4.69, 9.17) is 4.74 Å². The number of Topliss-reactive ketones (excluding diaryl/α,β-unsaturated/α-hetero) is 1. The second-order valence-corrected chi connectivity index (χ2v) is 5.48. The first kappa shape index (κ1) is 13.3. The minimum Gasteiger partial charge on any atom is -0.373 e. The number of carbonyl (C=O) groups is 1. The minimum absolute atomic E-state index is 0.0844. The summed E-state index contributed by atoms with van der Waals surface area (Å²) < 4.78 is 5.43. The summed E-state index contributed by atoms with van der Waals surface area (Å²) in [6.07, 6.45) is 3.79. The van der Waals surface area contributed by atoms with E-state index in [2.05, 4.69) is 13.8 Å². The van der Waals surface area contributed by atoms with Crippen molar-refractivity contribution in [2.24, 2.45) is 5.92 Å². The molecule has 0 bridgehead atoms. The Labute approximate surface area is 109 Å². The van der Waals surface area contributed by atoms with Gasteiger partial charge in [0, 0.05) is 12.2 Å². The minimum atomic E-state index is 0.0844. The van der Waals surface area contributed by atoms with Gasteiger partial charge in [0.05, 0.1) is 0 Å². The lowest BCUT2D eigenvalue weighted by atomic mass is 10.0. The molecule has 0 N–H and O–H groups in total. The average Bonchev–Trinajstić information content (AvgIpc) is 3.18. The standard InChI is InChI=1S/C16H22O2/c1-12(2)14-5-7-15(8-6-14)16(17)11-18-10-9-13-3-4-13/h5-8,12-13H,3-4,9-11H2,1-2H3. The third-order valence-corrected chi connectivity index (χ3v) is 3.50. The summed E-state index contributed by atoms with van der Waals surface area (Å²) in [6, 6.07) is 7.87. The maximum Gasteiger partial charge on any atom is 0.188 e. The van der Waals surface area contributed by atoms with E-state index in [0.717, 1.165) is 24.5 Å². The van der Waals surface area contributed by atoms with E-state index in [1.165, 1.54) is 18.4 Å². The van der Waals surface area contributed by atoms with Crippen LogP contribution < -0.4 is 0 Å². The van der Waals surface area contributed by atoms with Crippen LogP contribution in [-0.4, -0.2) is 19.0 Å². The van der Waals surface area contributed by atoms with Crippen LogP contribution in [0.2, 0.25) is 0 Å². The van der Waals surface area contributed by atoms with Crippen molar-refractivity contribution in [3.63, 3.8) is 0 Å². The van der Waals surface area contributed by atoms with Gasteiger partial charge in [-0.05, 0) is 23.8 Å². The molecule has 0 spiro atoms. The van der Waals surface area contributed by atoms with E-state index in [1.807, 2.05) is 24.3 Å². The number of hydrogen-bond acceptors (Lipinski definition) is 2. The lowest BCUT2D eigenvalue weighted by Crippen LogP contribution is -2.10. The van der Waals surface area contributed by atoms with Crippen LogP contribution >= 0.6 is 0 Å². The Morgan fingerprint density at radius 2 is 1.94 bits per heavy atom. The molecule has 0 saturated heterocycles. The van der Waals surface area contributed by atoms with E-state index >= 15 is 0 Å². The van der Waals surface area contributed by atoms with Crippen LogP contribution in [0.15, 0.2) is 24.3 Å². The number of benzene rings is 1. The maximum absolute atomic E-state index is 11.9. The van der Waals surface area contributed by atoms with Gasteiger partial charge in [-0.1, -0.05) is 51.0 Å². The number of ketones is 1. The Kier molecular flexibility index (Phi) is 4.54. The monoisotopic (exact) mass is 246 g/mol. The molecule has 0 unspecified atom stereocenters. The predicted molar refractivity (Wildman–Crippen MR) is 73.0 cm³/mol. The third kappa shape index (κ3) is 3.95. The highest BCUT2D eigenvalue weighted by molar-refractivity contribution is 5.97. The molecule has 2 rings (SSSR count). The van der Waals surface area contributed by atoms with E-state index in [9.17, 15) is 4.79 Å². The quantitative estimate of drug-likeness (QED) is 0.540. The van der Waals surface area contributed by atoms with Crippen LogP contribution in [0.5, 0.6) is 0 Å². The molecule has 1 aliphatic carbocycles. The molecule has 1 aliphatic rings. The van der Waals surface area contributed by atoms with Crippen LogP contribution in [0.3, 0.4) is 0 Å². The number of hydrogen-bond donors (Lipinski definition) is 0. The Hall–Kier alpha value is -1.15. The summed E-state index contributed by atoms with van der Waals surface area (Å²) >= 11 is 0. The molecule has 0 aliphatic heterocycles. The number of ether oxygens (including phenoxy) is 1. The summed E-state index contributed by atoms with van der Waals surface area (Å²) in [4.78, 5) is 11.9. The highest BCUT2D eigenvalue weighted by atomic mass is 16.5. The summed E-state index contributed by atoms with van der Waals surface area (Å²) in [6.45, 7) is 5.24. The van der Waals surface area contributed by atoms with Gasteiger partial charge in [-0.15, -0.1) is 0 Å². The molecule has 18 heavy (non-hydrogen) atoms. The van der Waals surface area contributed by atoms with Gasteiger partial charge in [-0.3, -0.25) is 4.79 Å². The molecule has 2 nitrogen and oxygen atoms in total.